The molecule has 2 rings (SSSR count). The molecule has 2 nitrogen and oxygen atoms in total. The zero-order chi connectivity index (χ0) is 19.9. The second-order valence-corrected chi connectivity index (χ2v) is 7.37. The maximum Gasteiger partial charge on any atom is 0.416 e. The molecule has 0 aliphatic rings. The van der Waals surface area contributed by atoms with Gasteiger partial charge in [-0.3, -0.25) is 0 Å². The van der Waals surface area contributed by atoms with E-state index in [1.54, 1.807) is 11.8 Å². The molecule has 0 aromatic heterocycles. The van der Waals surface area contributed by atoms with Gasteiger partial charge < -0.3 is 9.47 Å². The van der Waals surface area contributed by atoms with Crippen LogP contribution in [0.15, 0.2) is 47.4 Å². The van der Waals surface area contributed by atoms with Gasteiger partial charge in [-0.15, -0.1) is 11.8 Å². The minimum atomic E-state index is -4.32. The molecule has 148 valence electrons. The van der Waals surface area contributed by atoms with Crippen molar-refractivity contribution in [3.63, 3.8) is 0 Å². The van der Waals surface area contributed by atoms with Crippen LogP contribution in [0, 0.1) is 12.8 Å². The standard InChI is InChI=1S/C21H25F3O2S/c1-4-16(13-26-18-8-6-17(7-9-18)21(22,23)24)14-27-19-10-11-20(25-5-2)15(3)12-19/h6-12,16H,4-5,13-14H2,1-3H3. The van der Waals surface area contributed by atoms with E-state index in [-0.39, 0.29) is 0 Å². The van der Waals surface area contributed by atoms with Crippen LogP contribution in [0.3, 0.4) is 0 Å². The molecule has 0 saturated heterocycles. The first-order valence-corrected chi connectivity index (χ1v) is 9.98. The molecule has 0 bridgehead atoms. The molecule has 6 heteroatoms. The molecule has 1 atom stereocenters. The van der Waals surface area contributed by atoms with Crippen molar-refractivity contribution >= 4 is 11.8 Å². The van der Waals surface area contributed by atoms with E-state index in [2.05, 4.69) is 13.0 Å². The average Bonchev–Trinajstić information content (AvgIpc) is 2.63. The molecule has 0 saturated carbocycles. The molecule has 1 unspecified atom stereocenters. The van der Waals surface area contributed by atoms with Crippen LogP contribution in [0.25, 0.3) is 0 Å². The number of ether oxygens (including phenoxy) is 2. The van der Waals surface area contributed by atoms with Crippen molar-refractivity contribution in [2.45, 2.75) is 38.3 Å². The summed E-state index contributed by atoms with van der Waals surface area (Å²) >= 11 is 1.75. The van der Waals surface area contributed by atoms with Gasteiger partial charge in [0.1, 0.15) is 11.5 Å². The summed E-state index contributed by atoms with van der Waals surface area (Å²) in [6.45, 7) is 7.20. The minimum Gasteiger partial charge on any atom is -0.494 e. The van der Waals surface area contributed by atoms with E-state index < -0.39 is 11.7 Å². The largest absolute Gasteiger partial charge is 0.494 e. The average molecular weight is 398 g/mol. The Kier molecular flexibility index (Phi) is 7.90. The zero-order valence-electron chi connectivity index (χ0n) is 15.8. The number of benzene rings is 2. The summed E-state index contributed by atoms with van der Waals surface area (Å²) in [4.78, 5) is 1.17. The van der Waals surface area contributed by atoms with Crippen LogP contribution in [-0.2, 0) is 6.18 Å². The van der Waals surface area contributed by atoms with Gasteiger partial charge in [0, 0.05) is 16.6 Å². The summed E-state index contributed by atoms with van der Waals surface area (Å²) in [5, 5.41) is 0. The Morgan fingerprint density at radius 3 is 2.26 bits per heavy atom. The summed E-state index contributed by atoms with van der Waals surface area (Å²) in [7, 11) is 0. The van der Waals surface area contributed by atoms with Crippen molar-refractivity contribution in [1.82, 2.24) is 0 Å². The molecular formula is C21H25F3O2S. The Balaban J connectivity index is 1.86. The predicted molar refractivity (Wildman–Crippen MR) is 104 cm³/mol. The second kappa shape index (κ2) is 9.93. The Bertz CT molecular complexity index is 714. The maximum absolute atomic E-state index is 12.6. The summed E-state index contributed by atoms with van der Waals surface area (Å²) < 4.78 is 49.0. The fourth-order valence-electron chi connectivity index (χ4n) is 2.48. The highest BCUT2D eigenvalue weighted by Gasteiger charge is 2.30. The van der Waals surface area contributed by atoms with Crippen LogP contribution in [0.4, 0.5) is 13.2 Å². The molecule has 0 aliphatic carbocycles. The highest BCUT2D eigenvalue weighted by molar-refractivity contribution is 7.99. The number of aryl methyl sites for hydroxylation is 1. The van der Waals surface area contributed by atoms with Crippen LogP contribution < -0.4 is 9.47 Å². The Morgan fingerprint density at radius 1 is 1.00 bits per heavy atom. The number of halogens is 3. The van der Waals surface area contributed by atoms with E-state index in [9.17, 15) is 13.2 Å². The Labute approximate surface area is 163 Å². The van der Waals surface area contributed by atoms with Gasteiger partial charge in [-0.2, -0.15) is 13.2 Å². The molecule has 0 aliphatic heterocycles. The van der Waals surface area contributed by atoms with Crippen molar-refractivity contribution in [1.29, 1.82) is 0 Å². The Morgan fingerprint density at radius 2 is 1.70 bits per heavy atom. The monoisotopic (exact) mass is 398 g/mol. The van der Waals surface area contributed by atoms with E-state index in [1.807, 2.05) is 26.0 Å². The van der Waals surface area contributed by atoms with Crippen molar-refractivity contribution in [3.05, 3.63) is 53.6 Å². The van der Waals surface area contributed by atoms with Gasteiger partial charge in [0.25, 0.3) is 0 Å². The third kappa shape index (κ3) is 6.69. The van der Waals surface area contributed by atoms with E-state index in [0.717, 1.165) is 35.6 Å². The fraction of sp³-hybridized carbons (Fsp3) is 0.429. The van der Waals surface area contributed by atoms with Crippen LogP contribution >= 0.6 is 11.8 Å². The van der Waals surface area contributed by atoms with Gasteiger partial charge in [0.15, 0.2) is 0 Å². The summed E-state index contributed by atoms with van der Waals surface area (Å²) in [5.74, 6) is 2.55. The van der Waals surface area contributed by atoms with Crippen LogP contribution in [-0.4, -0.2) is 19.0 Å². The highest BCUT2D eigenvalue weighted by atomic mass is 32.2. The van der Waals surface area contributed by atoms with Crippen LogP contribution in [0.5, 0.6) is 11.5 Å². The summed E-state index contributed by atoms with van der Waals surface area (Å²) in [6.07, 6.45) is -3.39. The molecule has 2 aromatic carbocycles. The van der Waals surface area contributed by atoms with E-state index in [1.165, 1.54) is 17.0 Å². The first kappa shape index (κ1) is 21.5. The number of hydrogen-bond donors (Lipinski definition) is 0. The van der Waals surface area contributed by atoms with Crippen LogP contribution in [0.2, 0.25) is 0 Å². The molecule has 0 spiro atoms. The quantitative estimate of drug-likeness (QED) is 0.443. The first-order valence-electron chi connectivity index (χ1n) is 8.99. The van der Waals surface area contributed by atoms with Gasteiger partial charge in [-0.05, 0) is 68.3 Å². The van der Waals surface area contributed by atoms with E-state index >= 15 is 0 Å². The zero-order valence-corrected chi connectivity index (χ0v) is 16.6. The van der Waals surface area contributed by atoms with Crippen LogP contribution in [0.1, 0.15) is 31.4 Å². The van der Waals surface area contributed by atoms with Gasteiger partial charge in [-0.25, -0.2) is 0 Å². The molecule has 0 radical (unpaired) electrons. The van der Waals surface area contributed by atoms with Crippen molar-refractivity contribution in [2.75, 3.05) is 19.0 Å². The predicted octanol–water partition coefficient (Wildman–Crippen LogP) is 6.61. The van der Waals surface area contributed by atoms with Gasteiger partial charge in [-0.1, -0.05) is 6.92 Å². The molecule has 2 aromatic rings. The fourth-order valence-corrected chi connectivity index (χ4v) is 3.67. The molecule has 0 N–H and O–H groups in total. The lowest BCUT2D eigenvalue weighted by atomic mass is 10.1. The van der Waals surface area contributed by atoms with Gasteiger partial charge >= 0.3 is 6.18 Å². The molecule has 0 amide bonds. The summed E-state index contributed by atoms with van der Waals surface area (Å²) in [6, 6.07) is 11.0. The van der Waals surface area contributed by atoms with Gasteiger partial charge in [0.05, 0.1) is 18.8 Å². The number of thioether (sulfide) groups is 1. The molecule has 27 heavy (non-hydrogen) atoms. The molecular weight excluding hydrogens is 373 g/mol. The first-order chi connectivity index (χ1) is 12.8. The smallest absolute Gasteiger partial charge is 0.416 e. The lowest BCUT2D eigenvalue weighted by Gasteiger charge is -2.16. The normalized spacial score (nSPS) is 12.7. The van der Waals surface area contributed by atoms with E-state index in [4.69, 9.17) is 9.47 Å². The number of hydrogen-bond acceptors (Lipinski definition) is 3. The third-order valence-electron chi connectivity index (χ3n) is 4.18. The van der Waals surface area contributed by atoms with Crippen molar-refractivity contribution < 1.29 is 22.6 Å². The molecule has 0 fully saturated rings. The van der Waals surface area contributed by atoms with Crippen molar-refractivity contribution in [3.8, 4) is 11.5 Å². The molecule has 0 heterocycles. The lowest BCUT2D eigenvalue weighted by molar-refractivity contribution is -0.137. The van der Waals surface area contributed by atoms with Gasteiger partial charge in [0.2, 0.25) is 0 Å². The van der Waals surface area contributed by atoms with E-state index in [0.29, 0.717) is 24.9 Å². The minimum absolute atomic E-state index is 0.309. The summed E-state index contributed by atoms with van der Waals surface area (Å²) in [5.41, 5.74) is 0.444. The Hall–Kier alpha value is -1.82. The number of rotatable bonds is 9. The second-order valence-electron chi connectivity index (χ2n) is 6.28. The third-order valence-corrected chi connectivity index (χ3v) is 5.40. The number of alkyl halides is 3. The maximum atomic E-state index is 12.6. The lowest BCUT2D eigenvalue weighted by Crippen LogP contribution is -2.14. The van der Waals surface area contributed by atoms with Crippen molar-refractivity contribution in [2.24, 2.45) is 5.92 Å². The topological polar surface area (TPSA) is 18.5 Å². The highest BCUT2D eigenvalue weighted by Crippen LogP contribution is 2.31. The SMILES string of the molecule is CCOc1ccc(SCC(CC)COc2ccc(C(F)(F)F)cc2)cc1C.